The molecule has 1 aromatic carbocycles. The number of ether oxygens (including phenoxy) is 2. The lowest BCUT2D eigenvalue weighted by molar-refractivity contribution is -0.0514. The summed E-state index contributed by atoms with van der Waals surface area (Å²) in [6.45, 7) is 2.53. The molecule has 1 aliphatic rings. The summed E-state index contributed by atoms with van der Waals surface area (Å²) in [5.41, 5.74) is 0.869. The van der Waals surface area contributed by atoms with Crippen LogP contribution in [0.5, 0.6) is 11.5 Å². The van der Waals surface area contributed by atoms with Gasteiger partial charge >= 0.3 is 6.61 Å². The van der Waals surface area contributed by atoms with E-state index in [2.05, 4.69) is 20.4 Å². The van der Waals surface area contributed by atoms with Crippen molar-refractivity contribution in [2.75, 3.05) is 13.2 Å². The van der Waals surface area contributed by atoms with Crippen molar-refractivity contribution < 1.29 is 18.3 Å². The number of nitrogens with zero attached hydrogens (tertiary/aromatic N) is 1. The van der Waals surface area contributed by atoms with Crippen LogP contribution in [0, 0.1) is 0 Å². The zero-order valence-corrected chi connectivity index (χ0v) is 14.9. The monoisotopic (exact) mass is 355 g/mol. The van der Waals surface area contributed by atoms with Crippen molar-refractivity contribution in [1.29, 1.82) is 0 Å². The highest BCUT2D eigenvalue weighted by Crippen LogP contribution is 2.30. The molecule has 1 saturated carbocycles. The molecule has 1 aliphatic carbocycles. The molecule has 0 aliphatic heterocycles. The van der Waals surface area contributed by atoms with Crippen LogP contribution in [0.15, 0.2) is 23.2 Å². The van der Waals surface area contributed by atoms with E-state index >= 15 is 0 Å². The van der Waals surface area contributed by atoms with Crippen LogP contribution in [0.1, 0.15) is 45.1 Å². The summed E-state index contributed by atoms with van der Waals surface area (Å²) in [6.07, 6.45) is 4.83. The van der Waals surface area contributed by atoms with Gasteiger partial charge in [-0.1, -0.05) is 18.9 Å². The number of aliphatic imine (C=N–C) groups is 1. The van der Waals surface area contributed by atoms with Gasteiger partial charge in [-0.05, 0) is 44.4 Å². The lowest BCUT2D eigenvalue weighted by Gasteiger charge is -2.17. The Labute approximate surface area is 147 Å². The minimum atomic E-state index is -2.88. The van der Waals surface area contributed by atoms with Gasteiger partial charge in [-0.2, -0.15) is 8.78 Å². The number of rotatable bonds is 8. The van der Waals surface area contributed by atoms with Crippen molar-refractivity contribution in [2.24, 2.45) is 4.99 Å². The first kappa shape index (κ1) is 19.3. The summed E-state index contributed by atoms with van der Waals surface area (Å²) in [5, 5.41) is 6.69. The van der Waals surface area contributed by atoms with Crippen LogP contribution < -0.4 is 20.1 Å². The summed E-state index contributed by atoms with van der Waals surface area (Å²) < 4.78 is 34.8. The Bertz CT molecular complexity index is 561. The number of halogens is 2. The van der Waals surface area contributed by atoms with Gasteiger partial charge in [-0.3, -0.25) is 0 Å². The molecule has 0 bridgehead atoms. The van der Waals surface area contributed by atoms with E-state index in [9.17, 15) is 8.78 Å². The maximum absolute atomic E-state index is 12.5. The van der Waals surface area contributed by atoms with E-state index in [0.29, 0.717) is 24.9 Å². The average Bonchev–Trinajstić information content (AvgIpc) is 3.08. The topological polar surface area (TPSA) is 54.9 Å². The maximum Gasteiger partial charge on any atom is 0.387 e. The summed E-state index contributed by atoms with van der Waals surface area (Å²) in [6, 6.07) is 5.39. The highest BCUT2D eigenvalue weighted by Gasteiger charge is 2.16. The molecule has 7 heteroatoms. The van der Waals surface area contributed by atoms with Gasteiger partial charge in [0.1, 0.15) is 0 Å². The fourth-order valence-electron chi connectivity index (χ4n) is 2.87. The van der Waals surface area contributed by atoms with Crippen LogP contribution in [0.2, 0.25) is 0 Å². The van der Waals surface area contributed by atoms with Crippen LogP contribution in [-0.2, 0) is 6.54 Å². The van der Waals surface area contributed by atoms with Gasteiger partial charge in [-0.15, -0.1) is 0 Å². The number of alkyl halides is 2. The molecule has 5 nitrogen and oxygen atoms in total. The first-order valence-corrected chi connectivity index (χ1v) is 8.87. The minimum absolute atomic E-state index is 0.0422. The zero-order chi connectivity index (χ0) is 18.1. The summed E-state index contributed by atoms with van der Waals surface area (Å²) >= 11 is 0. The molecule has 140 valence electrons. The van der Waals surface area contributed by atoms with Gasteiger partial charge in [0.15, 0.2) is 17.5 Å². The smallest absolute Gasteiger partial charge is 0.387 e. The fraction of sp³-hybridized carbons (Fsp3) is 0.611. The van der Waals surface area contributed by atoms with E-state index in [1.54, 1.807) is 19.1 Å². The standard InChI is InChI=1S/C18H27F2N3O2/c1-3-21-18(23-14-7-5-6-8-14)22-12-13-9-10-15(25-17(19)20)16(11-13)24-4-2/h9-11,14,17H,3-8,12H2,1-2H3,(H2,21,22,23). The second-order valence-electron chi connectivity index (χ2n) is 5.91. The van der Waals surface area contributed by atoms with Crippen molar-refractivity contribution in [3.05, 3.63) is 23.8 Å². The van der Waals surface area contributed by atoms with Crippen LogP contribution in [0.25, 0.3) is 0 Å². The van der Waals surface area contributed by atoms with E-state index in [-0.39, 0.29) is 5.75 Å². The fourth-order valence-corrected chi connectivity index (χ4v) is 2.87. The Kier molecular flexibility index (Phi) is 7.76. The largest absolute Gasteiger partial charge is 0.490 e. The van der Waals surface area contributed by atoms with E-state index in [1.165, 1.54) is 31.7 Å². The summed E-state index contributed by atoms with van der Waals surface area (Å²) in [7, 11) is 0. The third-order valence-corrected chi connectivity index (χ3v) is 3.98. The molecule has 0 spiro atoms. The van der Waals surface area contributed by atoms with Crippen molar-refractivity contribution >= 4 is 5.96 Å². The van der Waals surface area contributed by atoms with Gasteiger partial charge in [0.25, 0.3) is 0 Å². The second kappa shape index (κ2) is 10.1. The van der Waals surface area contributed by atoms with Crippen molar-refractivity contribution in [3.63, 3.8) is 0 Å². The summed E-state index contributed by atoms with van der Waals surface area (Å²) in [4.78, 5) is 4.59. The first-order valence-electron chi connectivity index (χ1n) is 8.87. The number of nitrogens with one attached hydrogen (secondary N) is 2. The molecule has 0 heterocycles. The van der Waals surface area contributed by atoms with E-state index in [1.807, 2.05) is 6.92 Å². The number of hydrogen-bond acceptors (Lipinski definition) is 3. The molecule has 2 rings (SSSR count). The highest BCUT2D eigenvalue weighted by atomic mass is 19.3. The van der Waals surface area contributed by atoms with Gasteiger partial charge in [-0.25, -0.2) is 4.99 Å². The summed E-state index contributed by atoms with van der Waals surface area (Å²) in [5.74, 6) is 1.13. The van der Waals surface area contributed by atoms with Gasteiger partial charge < -0.3 is 20.1 Å². The third kappa shape index (κ3) is 6.40. The molecular weight excluding hydrogens is 328 g/mol. The van der Waals surface area contributed by atoms with Crippen LogP contribution >= 0.6 is 0 Å². The number of benzene rings is 1. The van der Waals surface area contributed by atoms with Gasteiger partial charge in [0.05, 0.1) is 13.2 Å². The maximum atomic E-state index is 12.5. The molecule has 1 fully saturated rings. The third-order valence-electron chi connectivity index (χ3n) is 3.98. The SMILES string of the molecule is CCNC(=NCc1ccc(OC(F)F)c(OCC)c1)NC1CCCC1. The Morgan fingerprint density at radius 3 is 2.64 bits per heavy atom. The van der Waals surface area contributed by atoms with Crippen molar-refractivity contribution in [1.82, 2.24) is 10.6 Å². The molecule has 25 heavy (non-hydrogen) atoms. The molecule has 2 N–H and O–H groups in total. The van der Waals surface area contributed by atoms with Crippen LogP contribution in [0.3, 0.4) is 0 Å². The Morgan fingerprint density at radius 1 is 1.24 bits per heavy atom. The molecule has 1 aromatic rings. The zero-order valence-electron chi connectivity index (χ0n) is 14.9. The molecule has 0 atom stereocenters. The van der Waals surface area contributed by atoms with Crippen LogP contribution in [0.4, 0.5) is 8.78 Å². The molecular formula is C18H27F2N3O2. The minimum Gasteiger partial charge on any atom is -0.490 e. The molecule has 0 unspecified atom stereocenters. The van der Waals surface area contributed by atoms with E-state index in [4.69, 9.17) is 4.74 Å². The molecule has 0 aromatic heterocycles. The van der Waals surface area contributed by atoms with E-state index in [0.717, 1.165) is 18.1 Å². The first-order chi connectivity index (χ1) is 12.1. The van der Waals surface area contributed by atoms with Crippen LogP contribution in [-0.4, -0.2) is 31.8 Å². The second-order valence-corrected chi connectivity index (χ2v) is 5.91. The lowest BCUT2D eigenvalue weighted by Crippen LogP contribution is -2.42. The van der Waals surface area contributed by atoms with Crippen molar-refractivity contribution in [3.8, 4) is 11.5 Å². The van der Waals surface area contributed by atoms with Gasteiger partial charge in [0.2, 0.25) is 0 Å². The normalized spacial score (nSPS) is 15.5. The molecule has 0 radical (unpaired) electrons. The Morgan fingerprint density at radius 2 is 2.00 bits per heavy atom. The average molecular weight is 355 g/mol. The lowest BCUT2D eigenvalue weighted by atomic mass is 10.2. The predicted octanol–water partition coefficient (Wildman–Crippen LogP) is 3.68. The van der Waals surface area contributed by atoms with Crippen molar-refractivity contribution in [2.45, 2.75) is 58.7 Å². The number of hydrogen-bond donors (Lipinski definition) is 2. The van der Waals surface area contributed by atoms with E-state index < -0.39 is 6.61 Å². The highest BCUT2D eigenvalue weighted by molar-refractivity contribution is 5.80. The Balaban J connectivity index is 2.06. The quantitative estimate of drug-likeness (QED) is 0.552. The molecule has 0 amide bonds. The predicted molar refractivity (Wildman–Crippen MR) is 94.5 cm³/mol. The van der Waals surface area contributed by atoms with Gasteiger partial charge in [0, 0.05) is 12.6 Å². The number of guanidine groups is 1. The molecule has 0 saturated heterocycles. The Hall–Kier alpha value is -2.05.